The van der Waals surface area contributed by atoms with E-state index in [-0.39, 0.29) is 23.5 Å². The Morgan fingerprint density at radius 3 is 1.08 bits per heavy atom. The van der Waals surface area contributed by atoms with Gasteiger partial charge in [-0.2, -0.15) is 0 Å². The molecule has 10 nitrogen and oxygen atoms in total. The third kappa shape index (κ3) is 8.68. The largest absolute Gasteiger partial charge is 0.491 e. The number of nitrogens with zero attached hydrogens (tertiary/aromatic N) is 4. The van der Waals surface area contributed by atoms with Gasteiger partial charge in [0.1, 0.15) is 45.4 Å². The van der Waals surface area contributed by atoms with Gasteiger partial charge in [-0.05, 0) is 49.9 Å². The highest BCUT2D eigenvalue weighted by Crippen LogP contribution is 2.55. The van der Waals surface area contributed by atoms with E-state index < -0.39 is 0 Å². The number of anilines is 4. The quantitative estimate of drug-likeness (QED) is 0.110. The van der Waals surface area contributed by atoms with Crippen molar-refractivity contribution in [2.75, 3.05) is 36.2 Å². The first-order valence-electron chi connectivity index (χ1n) is 18.0. The number of hydrogen-bond acceptors (Lipinski definition) is 8. The Morgan fingerprint density at radius 1 is 0.500 bits per heavy atom. The maximum absolute atomic E-state index is 13.7. The van der Waals surface area contributed by atoms with Crippen LogP contribution in [0.2, 0.25) is 0 Å². The molecular formula is C38H54N4O6. The number of fused-ring (bicyclic) bond motifs is 3. The standard InChI is InChI=1S/C38H54N4O6/c1-7-11-15-23-45-29-19-20-30(46-24-16-12-8-2)34-33(29)39-37-38(40-34)42(28(6)44)36-32(48-26-18-14-10-4)22-21-31(47-25-17-13-9-3)35(36)41(37)27(5)43/h19-22H,7-18,23-26H2,1-6H3. The van der Waals surface area contributed by atoms with Crippen LogP contribution in [0.5, 0.6) is 23.0 Å². The highest BCUT2D eigenvalue weighted by molar-refractivity contribution is 6.17. The van der Waals surface area contributed by atoms with Crippen molar-refractivity contribution in [3.63, 3.8) is 0 Å². The first kappa shape index (κ1) is 36.8. The van der Waals surface area contributed by atoms with Crippen molar-refractivity contribution in [1.29, 1.82) is 0 Å². The SMILES string of the molecule is CCCCCOc1ccc(OCCCCC)c2c1N(C(C)=O)c1nc3c(OCCCCC)ccc(OCCCCC)c3nc1N2C(C)=O. The molecule has 0 bridgehead atoms. The zero-order valence-corrected chi connectivity index (χ0v) is 29.9. The Labute approximate surface area is 286 Å². The number of aromatic nitrogens is 2. The molecule has 3 aromatic rings. The summed E-state index contributed by atoms with van der Waals surface area (Å²) >= 11 is 0. The number of ether oxygens (including phenoxy) is 4. The second kappa shape index (κ2) is 18.5. The zero-order chi connectivity index (χ0) is 34.5. The summed E-state index contributed by atoms with van der Waals surface area (Å²) < 4.78 is 25.1. The van der Waals surface area contributed by atoms with E-state index in [1.54, 1.807) is 0 Å². The molecule has 2 heterocycles. The molecule has 10 heteroatoms. The highest BCUT2D eigenvalue weighted by atomic mass is 16.5. The zero-order valence-electron chi connectivity index (χ0n) is 29.9. The van der Waals surface area contributed by atoms with E-state index in [9.17, 15) is 9.59 Å². The minimum absolute atomic E-state index is 0.223. The van der Waals surface area contributed by atoms with Crippen LogP contribution >= 0.6 is 0 Å². The fourth-order valence-corrected chi connectivity index (χ4v) is 5.77. The molecule has 0 spiro atoms. The van der Waals surface area contributed by atoms with Gasteiger partial charge >= 0.3 is 0 Å². The maximum Gasteiger partial charge on any atom is 0.229 e. The van der Waals surface area contributed by atoms with E-state index in [1.165, 1.54) is 23.6 Å². The summed E-state index contributed by atoms with van der Waals surface area (Å²) in [6.45, 7) is 13.5. The van der Waals surface area contributed by atoms with Crippen LogP contribution < -0.4 is 28.7 Å². The van der Waals surface area contributed by atoms with Gasteiger partial charge in [0, 0.05) is 13.8 Å². The fraction of sp³-hybridized carbons (Fsp3) is 0.579. The lowest BCUT2D eigenvalue weighted by Gasteiger charge is -2.37. The molecule has 2 aromatic carbocycles. The van der Waals surface area contributed by atoms with Crippen LogP contribution in [0.15, 0.2) is 24.3 Å². The molecule has 2 amide bonds. The molecule has 0 N–H and O–H groups in total. The Bertz CT molecular complexity index is 1420. The van der Waals surface area contributed by atoms with Gasteiger partial charge in [0.05, 0.1) is 26.4 Å². The van der Waals surface area contributed by atoms with Crippen molar-refractivity contribution < 1.29 is 28.5 Å². The summed E-state index contributed by atoms with van der Waals surface area (Å²) in [5.74, 6) is 1.89. The first-order chi connectivity index (χ1) is 23.4. The van der Waals surface area contributed by atoms with E-state index in [4.69, 9.17) is 28.9 Å². The Kier molecular flexibility index (Phi) is 14.1. The van der Waals surface area contributed by atoms with Gasteiger partial charge < -0.3 is 18.9 Å². The van der Waals surface area contributed by atoms with E-state index in [0.29, 0.717) is 71.8 Å². The maximum atomic E-state index is 13.7. The lowest BCUT2D eigenvalue weighted by molar-refractivity contribution is -0.117. The van der Waals surface area contributed by atoms with Crippen LogP contribution in [0.4, 0.5) is 23.0 Å². The summed E-state index contributed by atoms with van der Waals surface area (Å²) in [5.41, 5.74) is 1.77. The van der Waals surface area contributed by atoms with E-state index in [1.807, 2.05) is 24.3 Å². The number of benzene rings is 2. The van der Waals surface area contributed by atoms with Crippen LogP contribution in [0, 0.1) is 0 Å². The van der Waals surface area contributed by atoms with Crippen molar-refractivity contribution in [2.45, 2.75) is 119 Å². The number of hydrogen-bond donors (Lipinski definition) is 0. The van der Waals surface area contributed by atoms with Gasteiger partial charge in [0.15, 0.2) is 11.6 Å². The molecule has 0 fully saturated rings. The highest BCUT2D eigenvalue weighted by Gasteiger charge is 2.41. The van der Waals surface area contributed by atoms with Crippen LogP contribution in [-0.2, 0) is 9.59 Å². The molecular weight excluding hydrogens is 608 g/mol. The van der Waals surface area contributed by atoms with Gasteiger partial charge in [-0.3, -0.25) is 19.4 Å². The van der Waals surface area contributed by atoms with Gasteiger partial charge in [-0.25, -0.2) is 9.97 Å². The lowest BCUT2D eigenvalue weighted by atomic mass is 10.1. The average molecular weight is 663 g/mol. The second-order valence-corrected chi connectivity index (χ2v) is 12.3. The fourth-order valence-electron chi connectivity index (χ4n) is 5.77. The second-order valence-electron chi connectivity index (χ2n) is 12.3. The molecule has 0 saturated carbocycles. The number of rotatable bonds is 20. The van der Waals surface area contributed by atoms with Crippen LogP contribution in [-0.4, -0.2) is 48.2 Å². The summed E-state index contributed by atoms with van der Waals surface area (Å²) in [5, 5.41) is 0. The van der Waals surface area contributed by atoms with E-state index >= 15 is 0 Å². The summed E-state index contributed by atoms with van der Waals surface area (Å²) in [6, 6.07) is 7.34. The van der Waals surface area contributed by atoms with Gasteiger partial charge in [-0.1, -0.05) is 79.1 Å². The van der Waals surface area contributed by atoms with Crippen molar-refractivity contribution >= 4 is 45.9 Å². The number of carbonyl (C=O) groups excluding carboxylic acids is 2. The van der Waals surface area contributed by atoms with Crippen LogP contribution in [0.1, 0.15) is 119 Å². The Hall–Kier alpha value is -4.08. The molecule has 0 aliphatic carbocycles. The molecule has 1 aliphatic heterocycles. The predicted molar refractivity (Wildman–Crippen MR) is 192 cm³/mol. The van der Waals surface area contributed by atoms with Gasteiger partial charge in [0.2, 0.25) is 11.8 Å². The normalized spacial score (nSPS) is 12.1. The number of unbranched alkanes of at least 4 members (excludes halogenated alkanes) is 8. The molecule has 262 valence electrons. The van der Waals surface area contributed by atoms with Crippen molar-refractivity contribution in [3.05, 3.63) is 24.3 Å². The third-order valence-corrected chi connectivity index (χ3v) is 8.31. The average Bonchev–Trinajstić information content (AvgIpc) is 3.07. The van der Waals surface area contributed by atoms with Crippen molar-refractivity contribution in [2.24, 2.45) is 0 Å². The van der Waals surface area contributed by atoms with Crippen LogP contribution in [0.3, 0.4) is 0 Å². The smallest absolute Gasteiger partial charge is 0.229 e. The molecule has 48 heavy (non-hydrogen) atoms. The third-order valence-electron chi connectivity index (χ3n) is 8.31. The lowest BCUT2D eigenvalue weighted by Crippen LogP contribution is -2.37. The molecule has 0 radical (unpaired) electrons. The molecule has 1 aliphatic rings. The van der Waals surface area contributed by atoms with Crippen molar-refractivity contribution in [3.8, 4) is 23.0 Å². The molecule has 0 saturated heterocycles. The van der Waals surface area contributed by atoms with Gasteiger partial charge in [-0.15, -0.1) is 0 Å². The minimum atomic E-state index is -0.298. The first-order valence-corrected chi connectivity index (χ1v) is 18.0. The summed E-state index contributed by atoms with van der Waals surface area (Å²) in [6.07, 6.45) is 11.9. The van der Waals surface area contributed by atoms with E-state index in [0.717, 1.165) is 77.0 Å². The topological polar surface area (TPSA) is 103 Å². The van der Waals surface area contributed by atoms with E-state index in [2.05, 4.69) is 27.7 Å². The summed E-state index contributed by atoms with van der Waals surface area (Å²) in [7, 11) is 0. The van der Waals surface area contributed by atoms with Crippen LogP contribution in [0.25, 0.3) is 11.0 Å². The number of amides is 2. The molecule has 0 atom stereocenters. The summed E-state index contributed by atoms with van der Waals surface area (Å²) in [4.78, 5) is 40.5. The van der Waals surface area contributed by atoms with Crippen molar-refractivity contribution in [1.82, 2.24) is 9.97 Å². The predicted octanol–water partition coefficient (Wildman–Crippen LogP) is 9.59. The number of carbonyl (C=O) groups is 2. The Balaban J connectivity index is 1.95. The Morgan fingerprint density at radius 2 is 0.792 bits per heavy atom. The monoisotopic (exact) mass is 662 g/mol. The molecule has 4 rings (SSSR count). The molecule has 0 unspecified atom stereocenters. The van der Waals surface area contributed by atoms with Gasteiger partial charge in [0.25, 0.3) is 0 Å². The minimum Gasteiger partial charge on any atom is -0.491 e. The molecule has 1 aromatic heterocycles.